The first-order chi connectivity index (χ1) is 15.6. The van der Waals surface area contributed by atoms with Gasteiger partial charge in [0.1, 0.15) is 17.2 Å². The van der Waals surface area contributed by atoms with Crippen LogP contribution in [0.5, 0.6) is 0 Å². The van der Waals surface area contributed by atoms with Crippen LogP contribution < -0.4 is 5.32 Å². The second-order valence-corrected chi connectivity index (χ2v) is 9.68. The lowest BCUT2D eigenvalue weighted by molar-refractivity contribution is -0.132. The molecular formula is C20H23ClN6O5S. The molecule has 1 aliphatic rings. The Balaban J connectivity index is 2.10. The maximum Gasteiger partial charge on any atom is 0.269 e. The number of piperazine rings is 1. The van der Waals surface area contributed by atoms with E-state index in [0.29, 0.717) is 17.0 Å². The van der Waals surface area contributed by atoms with E-state index in [1.54, 1.807) is 6.07 Å². The summed E-state index contributed by atoms with van der Waals surface area (Å²) in [5.74, 6) is -0.844. The van der Waals surface area contributed by atoms with Crippen LogP contribution in [0, 0.1) is 0 Å². The van der Waals surface area contributed by atoms with Gasteiger partial charge < -0.3 is 15.3 Å². The summed E-state index contributed by atoms with van der Waals surface area (Å²) in [6.07, 6.45) is 3.38. The van der Waals surface area contributed by atoms with Crippen LogP contribution in [0.15, 0.2) is 37.2 Å². The van der Waals surface area contributed by atoms with E-state index in [-0.39, 0.29) is 23.9 Å². The Labute approximate surface area is 196 Å². The highest BCUT2D eigenvalue weighted by Crippen LogP contribution is 2.33. The van der Waals surface area contributed by atoms with Crippen LogP contribution in [-0.2, 0) is 14.8 Å². The van der Waals surface area contributed by atoms with Crippen molar-refractivity contribution in [2.45, 2.75) is 12.1 Å². The topological polar surface area (TPSA) is 146 Å². The maximum absolute atomic E-state index is 12.6. The molecule has 2 amide bonds. The highest BCUT2D eigenvalue weighted by Gasteiger charge is 2.40. The number of carbonyl (C=O) groups is 2. The molecule has 2 atom stereocenters. The third-order valence-corrected chi connectivity index (χ3v) is 6.68. The fourth-order valence-electron chi connectivity index (χ4n) is 3.63. The molecule has 0 spiro atoms. The molecule has 13 heteroatoms. The van der Waals surface area contributed by atoms with Crippen molar-refractivity contribution in [2.75, 3.05) is 33.0 Å². The molecule has 33 heavy (non-hydrogen) atoms. The first kappa shape index (κ1) is 24.7. The van der Waals surface area contributed by atoms with Crippen molar-refractivity contribution < 1.29 is 23.1 Å². The molecule has 0 radical (unpaired) electrons. The number of rotatable bonds is 6. The third kappa shape index (κ3) is 5.36. The number of nitrogens with one attached hydrogen (secondary N) is 1. The highest BCUT2D eigenvalue weighted by atomic mass is 35.5. The van der Waals surface area contributed by atoms with Crippen molar-refractivity contribution in [3.05, 3.63) is 53.6 Å². The summed E-state index contributed by atoms with van der Waals surface area (Å²) in [6.45, 7) is 2.93. The number of hydrogen-bond donors (Lipinski definition) is 2. The number of aromatic nitrogens is 3. The van der Waals surface area contributed by atoms with E-state index in [9.17, 15) is 23.1 Å². The molecule has 0 unspecified atom stereocenters. The number of hydrogen-bond acceptors (Lipinski definition) is 8. The average molecular weight is 495 g/mol. The van der Waals surface area contributed by atoms with Gasteiger partial charge in [0.25, 0.3) is 5.91 Å². The molecular weight excluding hydrogens is 472 g/mol. The van der Waals surface area contributed by atoms with Gasteiger partial charge in [-0.1, -0.05) is 18.2 Å². The Kier molecular flexibility index (Phi) is 7.42. The number of aliphatic hydroxyl groups is 1. The van der Waals surface area contributed by atoms with Gasteiger partial charge in [-0.05, 0) is 29.8 Å². The van der Waals surface area contributed by atoms with E-state index in [1.165, 1.54) is 34.7 Å². The molecule has 0 bridgehead atoms. The van der Waals surface area contributed by atoms with Crippen molar-refractivity contribution in [1.82, 2.24) is 29.5 Å². The Morgan fingerprint density at radius 2 is 2.00 bits per heavy atom. The predicted octanol–water partition coefficient (Wildman–Crippen LogP) is 0.243. The molecule has 3 rings (SSSR count). The summed E-state index contributed by atoms with van der Waals surface area (Å²) in [5.41, 5.74) is 1.19. The van der Waals surface area contributed by atoms with Crippen molar-refractivity contribution >= 4 is 33.4 Å². The van der Waals surface area contributed by atoms with E-state index in [0.717, 1.165) is 12.3 Å². The van der Waals surface area contributed by atoms with Crippen molar-refractivity contribution in [2.24, 2.45) is 0 Å². The van der Waals surface area contributed by atoms with Gasteiger partial charge in [-0.2, -0.15) is 4.31 Å². The van der Waals surface area contributed by atoms with Crippen LogP contribution >= 0.6 is 11.6 Å². The van der Waals surface area contributed by atoms with Gasteiger partial charge in [-0.15, -0.1) is 0 Å². The van der Waals surface area contributed by atoms with Gasteiger partial charge in [0, 0.05) is 20.1 Å². The van der Waals surface area contributed by atoms with Crippen LogP contribution in [0.2, 0.25) is 5.15 Å². The Hall–Kier alpha value is -2.93. The lowest BCUT2D eigenvalue weighted by Crippen LogP contribution is -2.58. The lowest BCUT2D eigenvalue weighted by Gasteiger charge is -2.44. The fourth-order valence-corrected chi connectivity index (χ4v) is 4.94. The number of carbonyl (C=O) groups excluding carboxylic acids is 2. The average Bonchev–Trinajstić information content (AvgIpc) is 2.81. The molecule has 1 fully saturated rings. The van der Waals surface area contributed by atoms with E-state index >= 15 is 0 Å². The molecule has 0 aliphatic carbocycles. The smallest absolute Gasteiger partial charge is 0.269 e. The Bertz CT molecular complexity index is 1190. The summed E-state index contributed by atoms with van der Waals surface area (Å²) in [4.78, 5) is 38.0. The van der Waals surface area contributed by atoms with Gasteiger partial charge in [-0.25, -0.2) is 23.4 Å². The summed E-state index contributed by atoms with van der Waals surface area (Å²) < 4.78 is 26.4. The van der Waals surface area contributed by atoms with E-state index in [2.05, 4.69) is 26.8 Å². The predicted molar refractivity (Wildman–Crippen MR) is 121 cm³/mol. The van der Waals surface area contributed by atoms with Crippen LogP contribution in [0.4, 0.5) is 0 Å². The molecule has 3 heterocycles. The second kappa shape index (κ2) is 9.91. The first-order valence-electron chi connectivity index (χ1n) is 9.81. The van der Waals surface area contributed by atoms with Crippen LogP contribution in [0.1, 0.15) is 22.1 Å². The quantitative estimate of drug-likeness (QED) is 0.429. The van der Waals surface area contributed by atoms with E-state index in [4.69, 9.17) is 11.6 Å². The van der Waals surface area contributed by atoms with Gasteiger partial charge in [0.15, 0.2) is 0 Å². The Morgan fingerprint density at radius 1 is 1.27 bits per heavy atom. The molecule has 11 nitrogen and oxygen atoms in total. The summed E-state index contributed by atoms with van der Waals surface area (Å²) in [7, 11) is -2.25. The SMILES string of the molecule is C=CC(=O)N1C[C@@H](c2cc(Cl)nc(-c3cc(C(=O)NC)ncn3)c2)N(S(C)(=O)=O)C[C@@H]1CO. The van der Waals surface area contributed by atoms with Crippen LogP contribution in [-0.4, -0.2) is 88.5 Å². The maximum atomic E-state index is 12.6. The standard InChI is InChI=1S/C20H23ClN6O5S/c1-4-19(29)26-9-17(27(33(3,31)32)8-13(26)10-28)12-5-15(25-18(21)6-12)14-7-16(20(30)22-2)24-11-23-14/h4-7,11,13,17,28H,1,8-10H2,2-3H3,(H,22,30)/t13-,17+/m1/s1. The van der Waals surface area contributed by atoms with Crippen molar-refractivity contribution in [3.63, 3.8) is 0 Å². The first-order valence-corrected chi connectivity index (χ1v) is 12.0. The third-order valence-electron chi connectivity index (χ3n) is 5.23. The zero-order valence-corrected chi connectivity index (χ0v) is 19.5. The summed E-state index contributed by atoms with van der Waals surface area (Å²) in [6, 6.07) is 3.01. The van der Waals surface area contributed by atoms with Crippen LogP contribution in [0.3, 0.4) is 0 Å². The summed E-state index contributed by atoms with van der Waals surface area (Å²) >= 11 is 6.25. The van der Waals surface area contributed by atoms with Gasteiger partial charge in [0.2, 0.25) is 15.9 Å². The highest BCUT2D eigenvalue weighted by molar-refractivity contribution is 7.88. The second-order valence-electron chi connectivity index (χ2n) is 7.36. The van der Waals surface area contributed by atoms with Gasteiger partial charge in [-0.3, -0.25) is 9.59 Å². The molecule has 1 saturated heterocycles. The number of amides is 2. The monoisotopic (exact) mass is 494 g/mol. The van der Waals surface area contributed by atoms with Crippen molar-refractivity contribution in [1.29, 1.82) is 0 Å². The summed E-state index contributed by atoms with van der Waals surface area (Å²) in [5, 5.41) is 12.3. The zero-order valence-electron chi connectivity index (χ0n) is 18.0. The zero-order chi connectivity index (χ0) is 24.3. The van der Waals surface area contributed by atoms with Gasteiger partial charge in [0.05, 0.1) is 36.3 Å². The van der Waals surface area contributed by atoms with Gasteiger partial charge >= 0.3 is 0 Å². The Morgan fingerprint density at radius 3 is 2.61 bits per heavy atom. The molecule has 0 saturated carbocycles. The number of pyridine rings is 1. The molecule has 2 aromatic heterocycles. The van der Waals surface area contributed by atoms with Crippen LogP contribution in [0.25, 0.3) is 11.4 Å². The van der Waals surface area contributed by atoms with E-state index in [1.807, 2.05) is 0 Å². The number of sulfonamides is 1. The molecule has 2 aromatic rings. The molecule has 0 aromatic carbocycles. The minimum atomic E-state index is -3.72. The largest absolute Gasteiger partial charge is 0.394 e. The van der Waals surface area contributed by atoms with E-state index < -0.39 is 40.5 Å². The minimum Gasteiger partial charge on any atom is -0.394 e. The molecule has 2 N–H and O–H groups in total. The number of aliphatic hydroxyl groups excluding tert-OH is 1. The van der Waals surface area contributed by atoms with Crippen molar-refractivity contribution in [3.8, 4) is 11.4 Å². The number of halogens is 1. The molecule has 1 aliphatic heterocycles. The fraction of sp³-hybridized carbons (Fsp3) is 0.350. The number of nitrogens with zero attached hydrogens (tertiary/aromatic N) is 5. The minimum absolute atomic E-state index is 0.0316. The normalized spacial score (nSPS) is 19.2. The lowest BCUT2D eigenvalue weighted by atomic mass is 10.0. The molecule has 176 valence electrons.